The number of unbranched alkanes of at least 4 members (excludes halogenated alkanes) is 32. The monoisotopic (exact) mass is 1100 g/mol. The third kappa shape index (κ3) is 57.9. The van der Waals surface area contributed by atoms with Gasteiger partial charge in [-0.3, -0.25) is 18.6 Å². The van der Waals surface area contributed by atoms with Crippen LogP contribution in [0.1, 0.15) is 290 Å². The maximum atomic E-state index is 13.6. The van der Waals surface area contributed by atoms with Crippen LogP contribution in [-0.2, 0) is 27.9 Å². The standard InChI is InChI=1S/C67H123N2O7P/c1-7-10-13-16-19-22-25-27-29-31-33-34-36-37-39-41-44-47-50-53-56-59-66(70)68-64(63-75-77(72,73)74-62-61-69(4,5)6)65(58-55-52-49-46-43-24-21-18-15-12-9-3)76-67(71)60-57-54-51-48-45-42-40-38-35-32-30-28-26-23-20-17-14-11-8-2/h20,23,27-30,35,38,42,45,55,58,64-65H,7-19,21-22,24-26,31-34,36-37,39-41,43-44,46-54,56-57,59-63H2,1-6H3,(H-,68,70,72,73)/p+1/b23-20-,29-27+,30-28-,38-35-,45-42-,58-55+. The lowest BCUT2D eigenvalue weighted by Crippen LogP contribution is -2.47. The minimum Gasteiger partial charge on any atom is -0.456 e. The predicted octanol–water partition coefficient (Wildman–Crippen LogP) is 20.0. The molecular formula is C67H124N2O7P+. The number of hydrogen-bond donors (Lipinski definition) is 2. The zero-order chi connectivity index (χ0) is 56.4. The molecule has 0 aromatic carbocycles. The number of quaternary nitrogens is 1. The van der Waals surface area contributed by atoms with E-state index >= 15 is 0 Å². The highest BCUT2D eigenvalue weighted by atomic mass is 31.2. The summed E-state index contributed by atoms with van der Waals surface area (Å²) in [5.74, 6) is -0.538. The van der Waals surface area contributed by atoms with Crippen molar-refractivity contribution < 1.29 is 37.3 Å². The highest BCUT2D eigenvalue weighted by Gasteiger charge is 2.30. The van der Waals surface area contributed by atoms with Crippen molar-refractivity contribution in [1.82, 2.24) is 5.32 Å². The van der Waals surface area contributed by atoms with Gasteiger partial charge in [0.15, 0.2) is 0 Å². The number of carbonyl (C=O) groups excluding carboxylic acids is 2. The second kappa shape index (κ2) is 56.7. The van der Waals surface area contributed by atoms with Gasteiger partial charge in [0, 0.05) is 12.8 Å². The molecule has 3 atom stereocenters. The van der Waals surface area contributed by atoms with Gasteiger partial charge in [0.1, 0.15) is 19.3 Å². The molecule has 0 aromatic heterocycles. The number of rotatable bonds is 58. The molecule has 0 saturated carbocycles. The summed E-state index contributed by atoms with van der Waals surface area (Å²) in [4.78, 5) is 37.7. The van der Waals surface area contributed by atoms with Gasteiger partial charge in [0.25, 0.3) is 0 Å². The van der Waals surface area contributed by atoms with Gasteiger partial charge in [0.2, 0.25) is 5.91 Å². The van der Waals surface area contributed by atoms with E-state index < -0.39 is 20.0 Å². The number of hydrogen-bond acceptors (Lipinski definition) is 6. The fourth-order valence-electron chi connectivity index (χ4n) is 9.10. The molecule has 1 amide bonds. The first kappa shape index (κ1) is 74.5. The molecule has 0 spiro atoms. The van der Waals surface area contributed by atoms with E-state index in [1.807, 2.05) is 33.3 Å². The number of likely N-dealkylation sites (N-methyl/N-ethyl adjacent to an activating group) is 1. The zero-order valence-electron chi connectivity index (χ0n) is 51.2. The van der Waals surface area contributed by atoms with Crippen LogP contribution in [0.15, 0.2) is 72.9 Å². The Morgan fingerprint density at radius 2 is 0.792 bits per heavy atom. The number of amides is 1. The summed E-state index contributed by atoms with van der Waals surface area (Å²) in [6.07, 6.45) is 73.3. The number of ether oxygens (including phenoxy) is 1. The number of nitrogens with zero attached hydrogens (tertiary/aromatic N) is 1. The van der Waals surface area contributed by atoms with Crippen LogP contribution in [0.25, 0.3) is 0 Å². The van der Waals surface area contributed by atoms with E-state index in [2.05, 4.69) is 86.8 Å². The van der Waals surface area contributed by atoms with Gasteiger partial charge in [0.05, 0.1) is 33.8 Å². The van der Waals surface area contributed by atoms with Crippen LogP contribution in [0.2, 0.25) is 0 Å². The van der Waals surface area contributed by atoms with E-state index in [0.29, 0.717) is 23.9 Å². The molecule has 0 saturated heterocycles. The quantitative estimate of drug-likeness (QED) is 0.0205. The van der Waals surface area contributed by atoms with Gasteiger partial charge in [-0.15, -0.1) is 0 Å². The molecule has 0 aliphatic heterocycles. The predicted molar refractivity (Wildman–Crippen MR) is 332 cm³/mol. The summed E-state index contributed by atoms with van der Waals surface area (Å²) in [6, 6.07) is -0.864. The number of allylic oxidation sites excluding steroid dienone is 11. The lowest BCUT2D eigenvalue weighted by Gasteiger charge is -2.27. The number of carbonyl (C=O) groups is 2. The maximum absolute atomic E-state index is 13.6. The number of phosphoric acid groups is 1. The molecule has 0 aromatic rings. The van der Waals surface area contributed by atoms with Crippen molar-refractivity contribution in [2.75, 3.05) is 40.9 Å². The fraction of sp³-hybridized carbons (Fsp3) is 0.791. The van der Waals surface area contributed by atoms with Gasteiger partial charge in [-0.2, -0.15) is 0 Å². The van der Waals surface area contributed by atoms with E-state index in [-0.39, 0.29) is 31.5 Å². The van der Waals surface area contributed by atoms with Crippen LogP contribution < -0.4 is 5.32 Å². The van der Waals surface area contributed by atoms with E-state index in [1.165, 1.54) is 173 Å². The Morgan fingerprint density at radius 1 is 0.455 bits per heavy atom. The number of esters is 1. The summed E-state index contributed by atoms with van der Waals surface area (Å²) in [5.41, 5.74) is 0. The van der Waals surface area contributed by atoms with E-state index in [1.54, 1.807) is 0 Å². The Balaban J connectivity index is 5.22. The molecule has 3 unspecified atom stereocenters. The summed E-state index contributed by atoms with van der Waals surface area (Å²) in [6.45, 7) is 6.97. The molecular weight excluding hydrogens is 976 g/mol. The van der Waals surface area contributed by atoms with Gasteiger partial charge >= 0.3 is 13.8 Å². The first-order valence-electron chi connectivity index (χ1n) is 32.3. The van der Waals surface area contributed by atoms with Crippen molar-refractivity contribution >= 4 is 19.7 Å². The van der Waals surface area contributed by atoms with Crippen molar-refractivity contribution in [3.05, 3.63) is 72.9 Å². The first-order chi connectivity index (χ1) is 37.4. The van der Waals surface area contributed by atoms with Crippen LogP contribution in [0, 0.1) is 0 Å². The van der Waals surface area contributed by atoms with Crippen molar-refractivity contribution in [2.45, 2.75) is 303 Å². The van der Waals surface area contributed by atoms with Crippen molar-refractivity contribution in [3.63, 3.8) is 0 Å². The number of nitrogens with one attached hydrogen (secondary N) is 1. The Labute approximate surface area is 476 Å². The lowest BCUT2D eigenvalue weighted by molar-refractivity contribution is -0.870. The summed E-state index contributed by atoms with van der Waals surface area (Å²) >= 11 is 0. The van der Waals surface area contributed by atoms with Crippen molar-refractivity contribution in [3.8, 4) is 0 Å². The van der Waals surface area contributed by atoms with Crippen molar-refractivity contribution in [2.24, 2.45) is 0 Å². The summed E-state index contributed by atoms with van der Waals surface area (Å²) in [7, 11) is 1.48. The second-order valence-electron chi connectivity index (χ2n) is 22.9. The molecule has 0 fully saturated rings. The smallest absolute Gasteiger partial charge is 0.456 e. The van der Waals surface area contributed by atoms with Gasteiger partial charge in [-0.25, -0.2) is 4.57 Å². The van der Waals surface area contributed by atoms with Gasteiger partial charge in [-0.1, -0.05) is 248 Å². The minimum absolute atomic E-state index is 0.0330. The first-order valence-corrected chi connectivity index (χ1v) is 33.8. The minimum atomic E-state index is -4.46. The highest BCUT2D eigenvalue weighted by Crippen LogP contribution is 2.43. The van der Waals surface area contributed by atoms with Gasteiger partial charge < -0.3 is 19.4 Å². The van der Waals surface area contributed by atoms with E-state index in [9.17, 15) is 19.0 Å². The molecule has 10 heteroatoms. The molecule has 0 heterocycles. The highest BCUT2D eigenvalue weighted by molar-refractivity contribution is 7.47. The molecule has 77 heavy (non-hydrogen) atoms. The second-order valence-corrected chi connectivity index (χ2v) is 24.4. The molecule has 0 aliphatic carbocycles. The number of phosphoric ester groups is 1. The zero-order valence-corrected chi connectivity index (χ0v) is 52.1. The molecule has 448 valence electrons. The maximum Gasteiger partial charge on any atom is 0.472 e. The molecule has 9 nitrogen and oxygen atoms in total. The molecule has 0 bridgehead atoms. The Hall–Kier alpha value is -2.55. The molecule has 0 aliphatic rings. The largest absolute Gasteiger partial charge is 0.472 e. The van der Waals surface area contributed by atoms with Crippen LogP contribution in [-0.4, -0.2) is 74.3 Å². The van der Waals surface area contributed by atoms with Crippen LogP contribution in [0.5, 0.6) is 0 Å². The van der Waals surface area contributed by atoms with E-state index in [0.717, 1.165) is 77.0 Å². The average molecular weight is 1100 g/mol. The normalized spacial score (nSPS) is 14.1. The Morgan fingerprint density at radius 3 is 1.23 bits per heavy atom. The van der Waals surface area contributed by atoms with Crippen LogP contribution in [0.3, 0.4) is 0 Å². The third-order valence-corrected chi connectivity index (χ3v) is 15.1. The third-order valence-electron chi connectivity index (χ3n) is 14.1. The SMILES string of the molecule is CCCCC/C=C\C/C=C\C/C=C\C/C=C\CCCCCC(=O)OC(/C=C/CCCCCCCCCCC)C(COP(=O)(O)OCC[N+](C)(C)C)NC(=O)CCCCCCCCCCCCC/C=C/CCCCCCCC. The van der Waals surface area contributed by atoms with Crippen LogP contribution in [0.4, 0.5) is 0 Å². The average Bonchev–Trinajstić information content (AvgIpc) is 3.39. The lowest BCUT2D eigenvalue weighted by atomic mass is 10.0. The topological polar surface area (TPSA) is 111 Å². The molecule has 0 rings (SSSR count). The fourth-order valence-corrected chi connectivity index (χ4v) is 9.83. The summed E-state index contributed by atoms with van der Waals surface area (Å²) in [5, 5.41) is 3.05. The Bertz CT molecular complexity index is 1550. The van der Waals surface area contributed by atoms with Gasteiger partial charge in [-0.05, 0) is 102 Å². The molecule has 2 N–H and O–H groups in total. The van der Waals surface area contributed by atoms with Crippen molar-refractivity contribution in [1.29, 1.82) is 0 Å². The molecule has 0 radical (unpaired) electrons. The van der Waals surface area contributed by atoms with Crippen LogP contribution >= 0.6 is 7.82 Å². The summed E-state index contributed by atoms with van der Waals surface area (Å²) < 4.78 is 30.7. The Kier molecular flexibility index (Phi) is 54.8. The van der Waals surface area contributed by atoms with E-state index in [4.69, 9.17) is 13.8 Å².